The van der Waals surface area contributed by atoms with Crippen molar-refractivity contribution in [3.05, 3.63) is 47.9 Å². The Hall–Kier alpha value is -2.15. The quantitative estimate of drug-likeness (QED) is 0.681. The smallest absolute Gasteiger partial charge is 0.276 e. The van der Waals surface area contributed by atoms with E-state index in [1.807, 2.05) is 0 Å². The summed E-state index contributed by atoms with van der Waals surface area (Å²) in [5.41, 5.74) is 1.11. The Morgan fingerprint density at radius 3 is 2.58 bits per heavy atom. The summed E-state index contributed by atoms with van der Waals surface area (Å²) in [5.74, 6) is 0.424. The number of rotatable bonds is 4. The fraction of sp³-hybridized carbons (Fsp3) is 0.167. The van der Waals surface area contributed by atoms with Crippen LogP contribution in [0.5, 0.6) is 0 Å². The molecule has 1 aromatic heterocycles. The van der Waals surface area contributed by atoms with E-state index in [4.69, 9.17) is 4.52 Å². The molecule has 0 bridgehead atoms. The minimum Gasteiger partial charge on any atom is -0.355 e. The van der Waals surface area contributed by atoms with Gasteiger partial charge in [-0.2, -0.15) is 18.4 Å². The van der Waals surface area contributed by atoms with Crippen molar-refractivity contribution in [3.8, 4) is 0 Å². The summed E-state index contributed by atoms with van der Waals surface area (Å²) in [4.78, 5) is 2.31. The van der Waals surface area contributed by atoms with Gasteiger partial charge in [-0.1, -0.05) is 23.4 Å². The molecule has 0 aliphatic carbocycles. The number of aromatic nitrogens is 1. The molecule has 1 aromatic carbocycles. The molecule has 1 N–H and O–H groups in total. The van der Waals surface area contributed by atoms with Gasteiger partial charge in [-0.05, 0) is 26.0 Å². The van der Waals surface area contributed by atoms with Gasteiger partial charge >= 0.3 is 0 Å². The van der Waals surface area contributed by atoms with Crippen molar-refractivity contribution in [2.75, 3.05) is 0 Å². The maximum Gasteiger partial charge on any atom is 0.276 e. The van der Waals surface area contributed by atoms with E-state index in [0.29, 0.717) is 17.2 Å². The number of benzene rings is 1. The van der Waals surface area contributed by atoms with Crippen LogP contribution in [0, 0.1) is 6.92 Å². The van der Waals surface area contributed by atoms with Crippen LogP contribution in [0.1, 0.15) is 18.4 Å². The van der Waals surface area contributed by atoms with E-state index in [0.717, 1.165) is 0 Å². The minimum absolute atomic E-state index is 0.153. The van der Waals surface area contributed by atoms with E-state index in [1.165, 1.54) is 12.1 Å². The number of nitrogens with zero attached hydrogens (tertiary/aromatic N) is 2. The van der Waals surface area contributed by atoms with Gasteiger partial charge in [0.05, 0.1) is 10.6 Å². The molecule has 0 fully saturated rings. The van der Waals surface area contributed by atoms with E-state index in [1.54, 1.807) is 38.1 Å². The van der Waals surface area contributed by atoms with Crippen LogP contribution >= 0.6 is 0 Å². The molecule has 19 heavy (non-hydrogen) atoms. The van der Waals surface area contributed by atoms with Gasteiger partial charge in [0.25, 0.3) is 10.0 Å². The molecule has 0 aliphatic rings. The molecule has 2 aromatic rings. The van der Waals surface area contributed by atoms with Crippen LogP contribution < -0.4 is 4.83 Å². The molecule has 0 saturated carbocycles. The molecule has 0 saturated heterocycles. The maximum absolute atomic E-state index is 11.9. The molecule has 7 heteroatoms. The summed E-state index contributed by atoms with van der Waals surface area (Å²) in [6.45, 7) is 3.40. The zero-order valence-corrected chi connectivity index (χ0v) is 11.3. The second-order valence-corrected chi connectivity index (χ2v) is 5.60. The number of aryl methyl sites for hydroxylation is 1. The Labute approximate surface area is 111 Å². The van der Waals surface area contributed by atoms with Crippen LogP contribution in [0.3, 0.4) is 0 Å². The molecular formula is C12H13N3O3S. The first-order valence-electron chi connectivity index (χ1n) is 5.54. The van der Waals surface area contributed by atoms with Crippen LogP contribution in [-0.2, 0) is 10.0 Å². The summed E-state index contributed by atoms with van der Waals surface area (Å²) in [6, 6.07) is 9.69. The van der Waals surface area contributed by atoms with Gasteiger partial charge < -0.3 is 4.52 Å². The number of hydrogen-bond acceptors (Lipinski definition) is 5. The maximum atomic E-state index is 11.9. The van der Waals surface area contributed by atoms with Gasteiger partial charge in [0.2, 0.25) is 0 Å². The normalized spacial score (nSPS) is 12.4. The average Bonchev–Trinajstić information content (AvgIpc) is 2.84. The van der Waals surface area contributed by atoms with Crippen molar-refractivity contribution in [1.29, 1.82) is 0 Å². The highest BCUT2D eigenvalue weighted by molar-refractivity contribution is 7.89. The van der Waals surface area contributed by atoms with E-state index in [9.17, 15) is 8.42 Å². The fourth-order valence-electron chi connectivity index (χ4n) is 1.37. The molecule has 0 unspecified atom stereocenters. The zero-order valence-electron chi connectivity index (χ0n) is 10.5. The summed E-state index contributed by atoms with van der Waals surface area (Å²) in [7, 11) is -3.66. The Balaban J connectivity index is 2.18. The molecule has 2 rings (SSSR count). The SMILES string of the molecule is CC(=NNS(=O)(=O)c1ccccc1)c1cc(C)no1. The zero-order chi connectivity index (χ0) is 13.9. The predicted octanol–water partition coefficient (Wildman–Crippen LogP) is 1.69. The molecule has 0 atom stereocenters. The largest absolute Gasteiger partial charge is 0.355 e. The average molecular weight is 279 g/mol. The van der Waals surface area contributed by atoms with Crippen molar-refractivity contribution in [2.45, 2.75) is 18.7 Å². The van der Waals surface area contributed by atoms with Gasteiger partial charge in [0.1, 0.15) is 5.71 Å². The van der Waals surface area contributed by atoms with E-state index in [2.05, 4.69) is 15.1 Å². The minimum atomic E-state index is -3.66. The van der Waals surface area contributed by atoms with Crippen LogP contribution in [-0.4, -0.2) is 19.3 Å². The third kappa shape index (κ3) is 3.19. The van der Waals surface area contributed by atoms with Gasteiger partial charge in [-0.15, -0.1) is 0 Å². The molecule has 0 amide bonds. The molecular weight excluding hydrogens is 266 g/mol. The lowest BCUT2D eigenvalue weighted by atomic mass is 10.3. The monoisotopic (exact) mass is 279 g/mol. The molecule has 100 valence electrons. The molecule has 0 aliphatic heterocycles. The van der Waals surface area contributed by atoms with Crippen LogP contribution in [0.2, 0.25) is 0 Å². The first-order valence-corrected chi connectivity index (χ1v) is 7.02. The Kier molecular flexibility index (Phi) is 3.66. The van der Waals surface area contributed by atoms with Crippen molar-refractivity contribution >= 4 is 15.7 Å². The second-order valence-electron chi connectivity index (χ2n) is 3.94. The summed E-state index contributed by atoms with van der Waals surface area (Å²) in [6.07, 6.45) is 0. The third-order valence-corrected chi connectivity index (χ3v) is 3.60. The first kappa shape index (κ1) is 13.3. The first-order chi connectivity index (χ1) is 8.99. The van der Waals surface area contributed by atoms with E-state index < -0.39 is 10.0 Å². The Morgan fingerprint density at radius 2 is 2.00 bits per heavy atom. The lowest BCUT2D eigenvalue weighted by Gasteiger charge is -2.03. The molecule has 0 spiro atoms. The van der Waals surface area contributed by atoms with Gasteiger partial charge in [-0.3, -0.25) is 0 Å². The van der Waals surface area contributed by atoms with Gasteiger partial charge in [-0.25, -0.2) is 0 Å². The predicted molar refractivity (Wildman–Crippen MR) is 70.2 cm³/mol. The number of nitrogens with one attached hydrogen (secondary N) is 1. The highest BCUT2D eigenvalue weighted by Crippen LogP contribution is 2.08. The number of hydrazone groups is 1. The third-order valence-electron chi connectivity index (χ3n) is 2.37. The lowest BCUT2D eigenvalue weighted by Crippen LogP contribution is -2.19. The highest BCUT2D eigenvalue weighted by atomic mass is 32.2. The lowest BCUT2D eigenvalue weighted by molar-refractivity contribution is 0.408. The Morgan fingerprint density at radius 1 is 1.32 bits per heavy atom. The van der Waals surface area contributed by atoms with E-state index in [-0.39, 0.29) is 4.90 Å². The number of hydrogen-bond donors (Lipinski definition) is 1. The Bertz CT molecular complexity index is 690. The standard InChI is InChI=1S/C12H13N3O3S/c1-9-8-12(18-14-9)10(2)13-15-19(16,17)11-6-4-3-5-7-11/h3-8,15H,1-2H3. The summed E-state index contributed by atoms with van der Waals surface area (Å²) >= 11 is 0. The van der Waals surface area contributed by atoms with Crippen molar-refractivity contribution in [1.82, 2.24) is 9.99 Å². The van der Waals surface area contributed by atoms with Crippen molar-refractivity contribution < 1.29 is 12.9 Å². The van der Waals surface area contributed by atoms with Crippen molar-refractivity contribution in [3.63, 3.8) is 0 Å². The second kappa shape index (κ2) is 5.23. The summed E-state index contributed by atoms with van der Waals surface area (Å²) in [5, 5.41) is 7.51. The molecule has 0 radical (unpaired) electrons. The van der Waals surface area contributed by atoms with Crippen LogP contribution in [0.25, 0.3) is 0 Å². The van der Waals surface area contributed by atoms with Gasteiger partial charge in [0.15, 0.2) is 5.76 Å². The fourth-order valence-corrected chi connectivity index (χ4v) is 2.25. The number of sulfonamides is 1. The van der Waals surface area contributed by atoms with Gasteiger partial charge in [0, 0.05) is 6.07 Å². The highest BCUT2D eigenvalue weighted by Gasteiger charge is 2.12. The van der Waals surface area contributed by atoms with Crippen LogP contribution in [0.15, 0.2) is 50.9 Å². The van der Waals surface area contributed by atoms with Crippen LogP contribution in [0.4, 0.5) is 0 Å². The molecule has 6 nitrogen and oxygen atoms in total. The van der Waals surface area contributed by atoms with Crippen molar-refractivity contribution in [2.24, 2.45) is 5.10 Å². The summed E-state index contributed by atoms with van der Waals surface area (Å²) < 4.78 is 28.8. The topological polar surface area (TPSA) is 84.6 Å². The van der Waals surface area contributed by atoms with E-state index >= 15 is 0 Å². The molecule has 1 heterocycles.